The number of tetrazole rings is 1. The van der Waals surface area contributed by atoms with Gasteiger partial charge < -0.3 is 10.3 Å². The number of nitrogens with zero attached hydrogens (tertiary/aromatic N) is 5. The number of likely N-dealkylation sites (N-methyl/N-ethyl adjacent to an activating group) is 1. The molecule has 0 amide bonds. The largest absolute Gasteiger partial charge is 0.347 e. The number of hydrogen-bond acceptors (Lipinski definition) is 5. The molecule has 16 heavy (non-hydrogen) atoms. The van der Waals surface area contributed by atoms with Crippen LogP contribution in [0.5, 0.6) is 0 Å². The van der Waals surface area contributed by atoms with Gasteiger partial charge in [0.15, 0.2) is 5.82 Å². The normalized spacial score (nSPS) is 12.9. The maximum absolute atomic E-state index is 4.24. The Hall–Kier alpha value is -1.76. The van der Waals surface area contributed by atoms with Crippen molar-refractivity contribution in [3.05, 3.63) is 24.0 Å². The van der Waals surface area contributed by atoms with Gasteiger partial charge in [-0.3, -0.25) is 0 Å². The lowest BCUT2D eigenvalue weighted by molar-refractivity contribution is 0.513. The van der Waals surface area contributed by atoms with Crippen molar-refractivity contribution >= 4 is 0 Å². The van der Waals surface area contributed by atoms with Gasteiger partial charge in [-0.15, -0.1) is 10.2 Å². The second kappa shape index (κ2) is 4.84. The summed E-state index contributed by atoms with van der Waals surface area (Å²) in [5.74, 6) is 1.61. The first-order valence-electron chi connectivity index (χ1n) is 5.25. The summed E-state index contributed by atoms with van der Waals surface area (Å²) in [6.07, 6.45) is 4.22. The Morgan fingerprint density at radius 3 is 3.00 bits per heavy atom. The van der Waals surface area contributed by atoms with Gasteiger partial charge in [-0.2, -0.15) is 4.80 Å². The van der Waals surface area contributed by atoms with Crippen LogP contribution in [0, 0.1) is 0 Å². The first kappa shape index (κ1) is 10.7. The predicted molar refractivity (Wildman–Crippen MR) is 57.5 cm³/mol. The van der Waals surface area contributed by atoms with Crippen molar-refractivity contribution in [2.24, 2.45) is 7.05 Å². The van der Waals surface area contributed by atoms with Crippen LogP contribution in [0.4, 0.5) is 0 Å². The number of aryl methyl sites for hydroxylation is 1. The highest BCUT2D eigenvalue weighted by Crippen LogP contribution is 2.11. The number of hydrogen-bond donors (Lipinski definition) is 2. The highest BCUT2D eigenvalue weighted by Gasteiger charge is 2.15. The van der Waals surface area contributed by atoms with E-state index in [4.69, 9.17) is 0 Å². The van der Waals surface area contributed by atoms with E-state index in [1.54, 1.807) is 13.2 Å². The molecular formula is C9H15N7. The van der Waals surface area contributed by atoms with E-state index in [9.17, 15) is 0 Å². The Morgan fingerprint density at radius 1 is 1.56 bits per heavy atom. The summed E-state index contributed by atoms with van der Waals surface area (Å²) >= 11 is 0. The van der Waals surface area contributed by atoms with Crippen molar-refractivity contribution in [3.8, 4) is 0 Å². The molecule has 0 aliphatic heterocycles. The summed E-state index contributed by atoms with van der Waals surface area (Å²) in [7, 11) is 1.76. The first-order chi connectivity index (χ1) is 7.79. The van der Waals surface area contributed by atoms with E-state index in [0.717, 1.165) is 12.4 Å². The number of nitrogens with one attached hydrogen (secondary N) is 2. The standard InChI is InChI=1S/C9H15N7/c1-3-10-7(9-11-4-5-12-9)6-8-13-15-16(2)14-8/h4-5,7,10H,3,6H2,1-2H3,(H,11,12). The van der Waals surface area contributed by atoms with Crippen LogP contribution in [-0.4, -0.2) is 36.7 Å². The second-order valence-electron chi connectivity index (χ2n) is 3.48. The fraction of sp³-hybridized carbons (Fsp3) is 0.556. The number of aromatic amines is 1. The van der Waals surface area contributed by atoms with Crippen LogP contribution >= 0.6 is 0 Å². The molecule has 2 N–H and O–H groups in total. The van der Waals surface area contributed by atoms with Crippen LogP contribution < -0.4 is 5.32 Å². The smallest absolute Gasteiger partial charge is 0.176 e. The van der Waals surface area contributed by atoms with Gasteiger partial charge in [0.25, 0.3) is 0 Å². The summed E-state index contributed by atoms with van der Waals surface area (Å²) in [5, 5.41) is 15.3. The topological polar surface area (TPSA) is 84.3 Å². The van der Waals surface area contributed by atoms with Gasteiger partial charge in [-0.05, 0) is 11.8 Å². The summed E-state index contributed by atoms with van der Waals surface area (Å²) in [4.78, 5) is 8.79. The minimum Gasteiger partial charge on any atom is -0.347 e. The molecule has 86 valence electrons. The molecule has 0 aromatic carbocycles. The van der Waals surface area contributed by atoms with Crippen molar-refractivity contribution < 1.29 is 0 Å². The minimum absolute atomic E-state index is 0.101. The van der Waals surface area contributed by atoms with E-state index in [2.05, 4.69) is 37.6 Å². The molecule has 0 aliphatic carbocycles. The van der Waals surface area contributed by atoms with Crippen molar-refractivity contribution in [1.29, 1.82) is 0 Å². The van der Waals surface area contributed by atoms with Crippen molar-refractivity contribution in [2.75, 3.05) is 6.54 Å². The summed E-state index contributed by atoms with van der Waals surface area (Å²) in [5.41, 5.74) is 0. The van der Waals surface area contributed by atoms with Crippen molar-refractivity contribution in [1.82, 2.24) is 35.5 Å². The molecular weight excluding hydrogens is 206 g/mol. The third-order valence-corrected chi connectivity index (χ3v) is 2.24. The molecule has 1 atom stereocenters. The predicted octanol–water partition coefficient (Wildman–Crippen LogP) is -0.173. The Balaban J connectivity index is 2.09. The Bertz CT molecular complexity index is 419. The van der Waals surface area contributed by atoms with Gasteiger partial charge in [-0.25, -0.2) is 4.98 Å². The maximum Gasteiger partial charge on any atom is 0.176 e. The van der Waals surface area contributed by atoms with Crippen LogP contribution in [0.15, 0.2) is 12.4 Å². The molecule has 0 aliphatic rings. The SMILES string of the molecule is CCNC(Cc1nnn(C)n1)c1ncc[nH]1. The van der Waals surface area contributed by atoms with Crippen LogP contribution in [0.1, 0.15) is 24.6 Å². The number of imidazole rings is 1. The molecule has 0 radical (unpaired) electrons. The number of rotatable bonds is 5. The van der Waals surface area contributed by atoms with E-state index in [1.807, 2.05) is 6.20 Å². The van der Waals surface area contributed by atoms with Gasteiger partial charge in [0, 0.05) is 18.8 Å². The molecule has 0 fully saturated rings. The zero-order valence-corrected chi connectivity index (χ0v) is 9.38. The zero-order chi connectivity index (χ0) is 11.4. The van der Waals surface area contributed by atoms with Crippen LogP contribution in [0.25, 0.3) is 0 Å². The molecule has 0 bridgehead atoms. The highest BCUT2D eigenvalue weighted by molar-refractivity contribution is 4.99. The minimum atomic E-state index is 0.101. The summed E-state index contributed by atoms with van der Waals surface area (Å²) < 4.78 is 0. The monoisotopic (exact) mass is 221 g/mol. The second-order valence-corrected chi connectivity index (χ2v) is 3.48. The van der Waals surface area contributed by atoms with Gasteiger partial charge >= 0.3 is 0 Å². The van der Waals surface area contributed by atoms with E-state index in [0.29, 0.717) is 12.2 Å². The molecule has 0 saturated heterocycles. The van der Waals surface area contributed by atoms with Gasteiger partial charge in [0.1, 0.15) is 5.82 Å². The summed E-state index contributed by atoms with van der Waals surface area (Å²) in [6.45, 7) is 2.92. The average molecular weight is 221 g/mol. The molecule has 7 heteroatoms. The van der Waals surface area contributed by atoms with E-state index in [1.165, 1.54) is 4.80 Å². The fourth-order valence-electron chi connectivity index (χ4n) is 1.57. The Morgan fingerprint density at radius 2 is 2.44 bits per heavy atom. The van der Waals surface area contributed by atoms with Gasteiger partial charge in [0.2, 0.25) is 0 Å². The third kappa shape index (κ3) is 2.43. The number of H-pyrrole nitrogens is 1. The zero-order valence-electron chi connectivity index (χ0n) is 9.38. The molecule has 7 nitrogen and oxygen atoms in total. The molecule has 0 spiro atoms. The first-order valence-corrected chi connectivity index (χ1v) is 5.25. The molecule has 2 rings (SSSR count). The van der Waals surface area contributed by atoms with Gasteiger partial charge in [0.05, 0.1) is 13.1 Å². The summed E-state index contributed by atoms with van der Waals surface area (Å²) in [6, 6.07) is 0.101. The van der Waals surface area contributed by atoms with Crippen LogP contribution in [0.2, 0.25) is 0 Å². The quantitative estimate of drug-likeness (QED) is 0.732. The molecule has 0 saturated carbocycles. The van der Waals surface area contributed by atoms with Gasteiger partial charge in [-0.1, -0.05) is 6.92 Å². The molecule has 1 unspecified atom stereocenters. The third-order valence-electron chi connectivity index (χ3n) is 2.24. The lowest BCUT2D eigenvalue weighted by Gasteiger charge is -2.12. The van der Waals surface area contributed by atoms with Crippen molar-refractivity contribution in [3.63, 3.8) is 0 Å². The maximum atomic E-state index is 4.24. The molecule has 2 aromatic heterocycles. The molecule has 2 aromatic rings. The molecule has 2 heterocycles. The van der Waals surface area contributed by atoms with E-state index >= 15 is 0 Å². The van der Waals surface area contributed by atoms with Crippen LogP contribution in [0.3, 0.4) is 0 Å². The fourth-order valence-corrected chi connectivity index (χ4v) is 1.57. The number of aromatic nitrogens is 6. The van der Waals surface area contributed by atoms with Crippen molar-refractivity contribution in [2.45, 2.75) is 19.4 Å². The van der Waals surface area contributed by atoms with Crippen LogP contribution in [-0.2, 0) is 13.5 Å². The van der Waals surface area contributed by atoms with E-state index < -0.39 is 0 Å². The lowest BCUT2D eigenvalue weighted by Crippen LogP contribution is -2.24. The Kier molecular flexibility index (Phi) is 3.25. The lowest BCUT2D eigenvalue weighted by atomic mass is 10.2. The highest BCUT2D eigenvalue weighted by atomic mass is 15.6. The Labute approximate surface area is 93.3 Å². The van der Waals surface area contributed by atoms with E-state index in [-0.39, 0.29) is 6.04 Å². The average Bonchev–Trinajstić information content (AvgIpc) is 2.88.